The quantitative estimate of drug-likeness (QED) is 0.414. The fourth-order valence-electron chi connectivity index (χ4n) is 2.70. The van der Waals surface area contributed by atoms with E-state index >= 15 is 0 Å². The van der Waals surface area contributed by atoms with Gasteiger partial charge in [0.25, 0.3) is 0 Å². The zero-order valence-electron chi connectivity index (χ0n) is 14.5. The van der Waals surface area contributed by atoms with Gasteiger partial charge in [-0.3, -0.25) is 0 Å². The molecule has 0 amide bonds. The van der Waals surface area contributed by atoms with Crippen LogP contribution in [0.25, 0.3) is 0 Å². The van der Waals surface area contributed by atoms with Gasteiger partial charge < -0.3 is 30.3 Å². The number of aliphatic hydroxyl groups is 5. The lowest BCUT2D eigenvalue weighted by molar-refractivity contribution is -0.174. The highest BCUT2D eigenvalue weighted by Gasteiger charge is 2.42. The van der Waals surface area contributed by atoms with E-state index in [9.17, 15) is 25.5 Å². The molecule has 0 saturated heterocycles. The monoisotopic (exact) mass is 362 g/mol. The number of rotatable bonds is 10. The van der Waals surface area contributed by atoms with Crippen LogP contribution in [0.1, 0.15) is 11.1 Å². The van der Waals surface area contributed by atoms with Crippen LogP contribution in [0.4, 0.5) is 0 Å². The maximum Gasteiger partial charge on any atom is 0.120 e. The van der Waals surface area contributed by atoms with Gasteiger partial charge in [0.1, 0.15) is 23.9 Å². The molecular formula is C20H26O6. The summed E-state index contributed by atoms with van der Waals surface area (Å²) in [5.41, 5.74) is -0.392. The Labute approximate surface area is 152 Å². The summed E-state index contributed by atoms with van der Waals surface area (Å²) in [6.07, 6.45) is -4.91. The molecule has 5 N–H and O–H groups in total. The van der Waals surface area contributed by atoms with Gasteiger partial charge >= 0.3 is 0 Å². The van der Waals surface area contributed by atoms with Gasteiger partial charge in [-0.05, 0) is 11.1 Å². The van der Waals surface area contributed by atoms with Crippen LogP contribution < -0.4 is 0 Å². The summed E-state index contributed by atoms with van der Waals surface area (Å²) < 4.78 is 5.35. The maximum absolute atomic E-state index is 10.6. The Kier molecular flexibility index (Phi) is 7.71. The van der Waals surface area contributed by atoms with Gasteiger partial charge in [0.15, 0.2) is 0 Å². The third-order valence-corrected chi connectivity index (χ3v) is 4.30. The van der Waals surface area contributed by atoms with Crippen molar-refractivity contribution in [2.45, 2.75) is 36.9 Å². The first-order valence-electron chi connectivity index (χ1n) is 8.49. The van der Waals surface area contributed by atoms with Crippen LogP contribution in [-0.4, -0.2) is 62.7 Å². The second kappa shape index (κ2) is 9.78. The van der Waals surface area contributed by atoms with Crippen LogP contribution in [0, 0.1) is 0 Å². The standard InChI is InChI=1S/C20H26O6/c21-14-20(25,11-15-7-3-1-4-8-15)19(24)18(23)17(22)13-26-12-16-9-5-2-6-10-16/h1-10,17-19,21-25H,11-14H2/t17-,18-,19+,20-/m1/s1. The minimum Gasteiger partial charge on any atom is -0.393 e. The number of benzene rings is 2. The molecule has 0 saturated carbocycles. The lowest BCUT2D eigenvalue weighted by atomic mass is 9.85. The van der Waals surface area contributed by atoms with E-state index in [0.29, 0.717) is 5.56 Å². The van der Waals surface area contributed by atoms with Crippen LogP contribution in [-0.2, 0) is 17.8 Å². The Balaban J connectivity index is 1.91. The van der Waals surface area contributed by atoms with Crippen molar-refractivity contribution in [3.05, 3.63) is 71.8 Å². The van der Waals surface area contributed by atoms with Gasteiger partial charge in [0, 0.05) is 6.42 Å². The molecule has 0 unspecified atom stereocenters. The lowest BCUT2D eigenvalue weighted by Crippen LogP contribution is -2.57. The van der Waals surface area contributed by atoms with Crippen LogP contribution in [0.2, 0.25) is 0 Å². The number of aliphatic hydroxyl groups excluding tert-OH is 4. The smallest absolute Gasteiger partial charge is 0.120 e. The zero-order valence-corrected chi connectivity index (χ0v) is 14.5. The topological polar surface area (TPSA) is 110 Å². The van der Waals surface area contributed by atoms with E-state index in [0.717, 1.165) is 5.56 Å². The van der Waals surface area contributed by atoms with E-state index in [2.05, 4.69) is 0 Å². The highest BCUT2D eigenvalue weighted by Crippen LogP contribution is 2.21. The van der Waals surface area contributed by atoms with Gasteiger partial charge in [-0.1, -0.05) is 60.7 Å². The van der Waals surface area contributed by atoms with Gasteiger partial charge in [-0.15, -0.1) is 0 Å². The van der Waals surface area contributed by atoms with Crippen LogP contribution in [0.5, 0.6) is 0 Å². The van der Waals surface area contributed by atoms with Crippen molar-refractivity contribution >= 4 is 0 Å². The van der Waals surface area contributed by atoms with Crippen molar-refractivity contribution in [3.63, 3.8) is 0 Å². The summed E-state index contributed by atoms with van der Waals surface area (Å²) >= 11 is 0. The maximum atomic E-state index is 10.6. The molecular weight excluding hydrogens is 336 g/mol. The SMILES string of the molecule is OC[C@](O)(Cc1ccccc1)[C@@H](O)[C@H](O)[C@H](O)COCc1ccccc1. The molecule has 26 heavy (non-hydrogen) atoms. The minimum absolute atomic E-state index is 0.0693. The highest BCUT2D eigenvalue weighted by atomic mass is 16.5. The molecule has 0 aliphatic heterocycles. The first-order chi connectivity index (χ1) is 12.5. The predicted molar refractivity (Wildman–Crippen MR) is 96.3 cm³/mol. The molecule has 6 nitrogen and oxygen atoms in total. The largest absolute Gasteiger partial charge is 0.393 e. The molecule has 2 aromatic carbocycles. The fraction of sp³-hybridized carbons (Fsp3) is 0.400. The molecule has 0 aliphatic rings. The summed E-state index contributed by atoms with van der Waals surface area (Å²) in [5.74, 6) is 0. The van der Waals surface area contributed by atoms with Crippen LogP contribution in [0.15, 0.2) is 60.7 Å². The first kappa shape index (κ1) is 20.5. The molecule has 2 aromatic rings. The Morgan fingerprint density at radius 3 is 1.92 bits per heavy atom. The molecule has 0 aliphatic carbocycles. The predicted octanol–water partition coefficient (Wildman–Crippen LogP) is 0.252. The van der Waals surface area contributed by atoms with Gasteiger partial charge in [0.05, 0.1) is 19.8 Å². The van der Waals surface area contributed by atoms with E-state index in [1.807, 2.05) is 30.3 Å². The molecule has 0 bridgehead atoms. The van der Waals surface area contributed by atoms with Crippen molar-refractivity contribution in [1.29, 1.82) is 0 Å². The minimum atomic E-state index is -1.98. The molecule has 0 aromatic heterocycles. The fourth-order valence-corrected chi connectivity index (χ4v) is 2.70. The Hall–Kier alpha value is -1.80. The van der Waals surface area contributed by atoms with Crippen molar-refractivity contribution in [2.24, 2.45) is 0 Å². The molecule has 6 heteroatoms. The first-order valence-corrected chi connectivity index (χ1v) is 8.49. The molecule has 0 fully saturated rings. The summed E-state index contributed by atoms with van der Waals surface area (Å²) in [6, 6.07) is 18.1. The number of ether oxygens (including phenoxy) is 1. The van der Waals surface area contributed by atoms with Crippen molar-refractivity contribution in [3.8, 4) is 0 Å². The van der Waals surface area contributed by atoms with E-state index in [4.69, 9.17) is 4.74 Å². The summed E-state index contributed by atoms with van der Waals surface area (Å²) in [5, 5.41) is 50.6. The van der Waals surface area contributed by atoms with E-state index in [1.165, 1.54) is 0 Å². The van der Waals surface area contributed by atoms with E-state index in [1.54, 1.807) is 30.3 Å². The molecule has 142 valence electrons. The average molecular weight is 362 g/mol. The Bertz CT molecular complexity index is 635. The normalized spacial score (nSPS) is 17.3. The van der Waals surface area contributed by atoms with Gasteiger partial charge in [-0.2, -0.15) is 0 Å². The third kappa shape index (κ3) is 5.60. The van der Waals surface area contributed by atoms with Crippen LogP contribution in [0.3, 0.4) is 0 Å². The van der Waals surface area contributed by atoms with Crippen molar-refractivity contribution in [1.82, 2.24) is 0 Å². The second-order valence-corrected chi connectivity index (χ2v) is 6.43. The summed E-state index contributed by atoms with van der Waals surface area (Å²) in [6.45, 7) is -0.743. The molecule has 0 heterocycles. The molecule has 2 rings (SSSR count). The van der Waals surface area contributed by atoms with Gasteiger partial charge in [-0.25, -0.2) is 0 Å². The van der Waals surface area contributed by atoms with Gasteiger partial charge in [0.2, 0.25) is 0 Å². The Morgan fingerprint density at radius 1 is 0.846 bits per heavy atom. The number of hydrogen-bond acceptors (Lipinski definition) is 6. The molecule has 4 atom stereocenters. The van der Waals surface area contributed by atoms with Crippen molar-refractivity contribution in [2.75, 3.05) is 13.2 Å². The summed E-state index contributed by atoms with van der Waals surface area (Å²) in [7, 11) is 0. The lowest BCUT2D eigenvalue weighted by Gasteiger charge is -2.35. The Morgan fingerprint density at radius 2 is 1.38 bits per heavy atom. The van der Waals surface area contributed by atoms with E-state index in [-0.39, 0.29) is 19.6 Å². The third-order valence-electron chi connectivity index (χ3n) is 4.30. The summed E-state index contributed by atoms with van der Waals surface area (Å²) in [4.78, 5) is 0. The van der Waals surface area contributed by atoms with E-state index < -0.39 is 30.5 Å². The number of hydrogen-bond donors (Lipinski definition) is 5. The molecule has 0 spiro atoms. The second-order valence-electron chi connectivity index (χ2n) is 6.43. The molecule has 0 radical (unpaired) electrons. The highest BCUT2D eigenvalue weighted by molar-refractivity contribution is 5.18. The van der Waals surface area contributed by atoms with Crippen molar-refractivity contribution < 1.29 is 30.3 Å². The average Bonchev–Trinajstić information content (AvgIpc) is 2.68. The van der Waals surface area contributed by atoms with Crippen LogP contribution >= 0.6 is 0 Å². The zero-order chi connectivity index (χ0) is 19.0.